The van der Waals surface area contributed by atoms with Crippen LogP contribution in [0, 0.1) is 11.8 Å². The zero-order valence-corrected chi connectivity index (χ0v) is 36.3. The van der Waals surface area contributed by atoms with E-state index in [0.29, 0.717) is 67.2 Å². The van der Waals surface area contributed by atoms with Gasteiger partial charge in [0, 0.05) is 62.4 Å². The number of aliphatic hydroxyl groups excluding tert-OH is 1. The topological polar surface area (TPSA) is 177 Å². The largest absolute Gasteiger partial charge is 0.506 e. The molecule has 3 atom stereocenters. The lowest BCUT2D eigenvalue weighted by Crippen LogP contribution is -2.52. The van der Waals surface area contributed by atoms with E-state index in [1.807, 2.05) is 59.5 Å². The summed E-state index contributed by atoms with van der Waals surface area (Å²) in [5, 5.41) is 27.9. The minimum atomic E-state index is -0.868. The third kappa shape index (κ3) is 10.8. The number of benzene rings is 4. The van der Waals surface area contributed by atoms with Crippen LogP contribution in [0.5, 0.6) is 11.5 Å². The second kappa shape index (κ2) is 20.5. The third-order valence-corrected chi connectivity index (χ3v) is 13.0. The van der Waals surface area contributed by atoms with Gasteiger partial charge in [-0.05, 0) is 129 Å². The zero-order chi connectivity index (χ0) is 44.6. The van der Waals surface area contributed by atoms with E-state index in [0.717, 1.165) is 62.2 Å². The summed E-state index contributed by atoms with van der Waals surface area (Å²) in [7, 11) is 1.74. The number of rotatable bonds is 16. The van der Waals surface area contributed by atoms with Gasteiger partial charge in [0.05, 0.1) is 24.3 Å². The molecule has 4 aliphatic heterocycles. The van der Waals surface area contributed by atoms with E-state index in [4.69, 9.17) is 9.47 Å². The van der Waals surface area contributed by atoms with Crippen molar-refractivity contribution in [2.45, 2.75) is 50.4 Å². The number of amides is 3. The Morgan fingerprint density at radius 2 is 1.59 bits per heavy atom. The Bertz CT molecular complexity index is 2450. The first-order chi connectivity index (χ1) is 31.1. The molecule has 1 aromatic heterocycles. The number of carbonyl (C=O) groups excluding carboxylic acids is 3. The number of fused-ring (bicyclic) bond motifs is 4. The molecule has 2 unspecified atom stereocenters. The number of piperidine rings is 4. The first-order valence-electron chi connectivity index (χ1n) is 22.5. The molecular weight excluding hydrogens is 813 g/mol. The Morgan fingerprint density at radius 3 is 2.33 bits per heavy atom. The third-order valence-electron chi connectivity index (χ3n) is 13.0. The van der Waals surface area contributed by atoms with Gasteiger partial charge in [0.15, 0.2) is 0 Å². The number of aromatic hydroxyl groups is 1. The smallest absolute Gasteiger partial charge is 0.408 e. The van der Waals surface area contributed by atoms with Crippen LogP contribution in [-0.4, -0.2) is 120 Å². The van der Waals surface area contributed by atoms with Crippen LogP contribution in [0.2, 0.25) is 0 Å². The van der Waals surface area contributed by atoms with Crippen LogP contribution in [0.25, 0.3) is 10.9 Å². The van der Waals surface area contributed by atoms with Crippen LogP contribution in [0.4, 0.5) is 4.79 Å². The lowest BCUT2D eigenvalue weighted by atomic mass is 9.86. The molecule has 4 aliphatic rings. The van der Waals surface area contributed by atoms with Gasteiger partial charge in [-0.3, -0.25) is 19.3 Å². The molecule has 5 aromatic rings. The molecule has 0 saturated carbocycles. The molecule has 5 heterocycles. The average molecular weight is 871 g/mol. The molecule has 5 N–H and O–H groups in total. The number of aromatic nitrogens is 1. The van der Waals surface area contributed by atoms with E-state index in [9.17, 15) is 29.4 Å². The number of phenols is 1. The van der Waals surface area contributed by atoms with Crippen molar-refractivity contribution in [3.05, 3.63) is 141 Å². The number of ether oxygens (including phenoxy) is 2. The molecule has 9 rings (SSSR count). The van der Waals surface area contributed by atoms with Gasteiger partial charge in [-0.1, -0.05) is 48.5 Å². The molecule has 2 bridgehead atoms. The van der Waals surface area contributed by atoms with Crippen molar-refractivity contribution < 1.29 is 34.1 Å². The number of aliphatic hydroxyl groups is 1. The normalized spacial score (nSPS) is 19.5. The van der Waals surface area contributed by atoms with Gasteiger partial charge in [0.2, 0.25) is 5.56 Å². The fourth-order valence-electron chi connectivity index (χ4n) is 9.24. The van der Waals surface area contributed by atoms with Crippen molar-refractivity contribution in [2.75, 3.05) is 66.0 Å². The van der Waals surface area contributed by atoms with Crippen LogP contribution in [0.15, 0.2) is 108 Å². The van der Waals surface area contributed by atoms with Gasteiger partial charge in [0.25, 0.3) is 11.8 Å². The Hall–Kier alpha value is -6.22. The van der Waals surface area contributed by atoms with Gasteiger partial charge >= 0.3 is 6.09 Å². The quantitative estimate of drug-likeness (QED) is 0.0756. The number of phenolic OH excluding ortho intramolecular Hbond substituents is 1. The van der Waals surface area contributed by atoms with E-state index in [2.05, 4.69) is 20.5 Å². The maximum atomic E-state index is 13.5. The second-order valence-electron chi connectivity index (χ2n) is 17.4. The van der Waals surface area contributed by atoms with E-state index in [-0.39, 0.29) is 47.2 Å². The lowest BCUT2D eigenvalue weighted by molar-refractivity contribution is -0.0336. The highest BCUT2D eigenvalue weighted by Gasteiger charge is 2.37. The minimum absolute atomic E-state index is 0.0623. The molecule has 4 fully saturated rings. The van der Waals surface area contributed by atoms with Crippen molar-refractivity contribution in [1.29, 1.82) is 0 Å². The fourth-order valence-corrected chi connectivity index (χ4v) is 9.24. The Morgan fingerprint density at radius 1 is 0.859 bits per heavy atom. The van der Waals surface area contributed by atoms with E-state index in [1.54, 1.807) is 48.3 Å². The molecular formula is C50H58N6O8. The van der Waals surface area contributed by atoms with Gasteiger partial charge in [-0.2, -0.15) is 0 Å². The molecule has 4 saturated heterocycles. The average Bonchev–Trinajstić information content (AvgIpc) is 3.33. The number of H-pyrrole nitrogens is 1. The summed E-state index contributed by atoms with van der Waals surface area (Å²) in [6.45, 7) is 5.97. The van der Waals surface area contributed by atoms with Crippen molar-refractivity contribution in [2.24, 2.45) is 11.8 Å². The number of pyridine rings is 1. The summed E-state index contributed by atoms with van der Waals surface area (Å²) in [5.41, 5.74) is 3.42. The van der Waals surface area contributed by atoms with Crippen LogP contribution in [0.1, 0.15) is 81.7 Å². The summed E-state index contributed by atoms with van der Waals surface area (Å²) < 4.78 is 12.3. The minimum Gasteiger partial charge on any atom is -0.506 e. The predicted octanol–water partition coefficient (Wildman–Crippen LogP) is 5.86. The highest BCUT2D eigenvalue weighted by atomic mass is 16.6. The molecule has 14 nitrogen and oxygen atoms in total. The number of alkyl carbamates (subject to hydrolysis) is 1. The number of hydrogen-bond acceptors (Lipinski definition) is 10. The first kappa shape index (κ1) is 44.4. The van der Waals surface area contributed by atoms with Gasteiger partial charge < -0.3 is 45.1 Å². The number of hydrogen-bond donors (Lipinski definition) is 5. The Labute approximate surface area is 373 Å². The maximum absolute atomic E-state index is 13.5. The first-order valence-corrected chi connectivity index (χ1v) is 22.5. The van der Waals surface area contributed by atoms with Crippen molar-refractivity contribution in [1.82, 2.24) is 30.3 Å². The van der Waals surface area contributed by atoms with Crippen molar-refractivity contribution >= 4 is 28.8 Å². The number of nitrogens with one attached hydrogen (secondary N) is 3. The Kier molecular flexibility index (Phi) is 14.2. The molecule has 0 aliphatic carbocycles. The maximum Gasteiger partial charge on any atom is 0.408 e. The van der Waals surface area contributed by atoms with E-state index < -0.39 is 18.2 Å². The number of likely N-dealkylation sites (tertiary alicyclic amines) is 1. The highest BCUT2D eigenvalue weighted by Crippen LogP contribution is 2.32. The van der Waals surface area contributed by atoms with Gasteiger partial charge in [0.1, 0.15) is 17.6 Å². The van der Waals surface area contributed by atoms with Crippen LogP contribution < -0.4 is 20.9 Å². The van der Waals surface area contributed by atoms with Crippen LogP contribution in [0.3, 0.4) is 0 Å². The molecule has 0 radical (unpaired) electrons. The summed E-state index contributed by atoms with van der Waals surface area (Å²) in [6.07, 6.45) is 3.03. The fraction of sp³-hybridized carbons (Fsp3) is 0.400. The molecule has 3 amide bonds. The summed E-state index contributed by atoms with van der Waals surface area (Å²) in [6, 6.07) is 30.2. The van der Waals surface area contributed by atoms with E-state index in [1.165, 1.54) is 12.1 Å². The standard InChI is InChI=1S/C50H58N6O8/c1-54(24-6-23-51-30-43(58)40-15-17-42(57)47-41(40)16-18-45(59)52-47)48(60)36-11-13-37(14-12-36)49(61)56-27-19-33(20-28-56)32-63-39-10-5-9-38(29-39)46(35-7-3-2-4-8-35)53-50(62)64-44-31-55-25-21-34(44)22-26-55/h2-5,7-18,29,33-34,43-44,46,51,57-58H,6,19-28,30-32H2,1H3,(H,52,59)(H,53,62)/t43?,44?,46-/m0/s1. The Balaban J connectivity index is 0.764. The highest BCUT2D eigenvalue weighted by molar-refractivity contribution is 5.97. The summed E-state index contributed by atoms with van der Waals surface area (Å²) in [5.74, 6) is 1.14. The van der Waals surface area contributed by atoms with Crippen LogP contribution in [-0.2, 0) is 4.74 Å². The van der Waals surface area contributed by atoms with Gasteiger partial charge in [-0.25, -0.2) is 4.79 Å². The predicted molar refractivity (Wildman–Crippen MR) is 244 cm³/mol. The molecule has 4 aromatic carbocycles. The van der Waals surface area contributed by atoms with Gasteiger partial charge in [-0.15, -0.1) is 0 Å². The zero-order valence-electron chi connectivity index (χ0n) is 36.3. The monoisotopic (exact) mass is 870 g/mol. The van der Waals surface area contributed by atoms with Crippen LogP contribution >= 0.6 is 0 Å². The molecule has 64 heavy (non-hydrogen) atoms. The number of carbonyl (C=O) groups is 3. The molecule has 14 heteroatoms. The van der Waals surface area contributed by atoms with Crippen molar-refractivity contribution in [3.8, 4) is 11.5 Å². The molecule has 336 valence electrons. The SMILES string of the molecule is CN(CCCNCC(O)c1ccc(O)c2[nH]c(=O)ccc12)C(=O)c1ccc(C(=O)N2CCC(COc3cccc([C@@H](NC(=O)OC4CN5CCC4CC5)c4ccccc4)c3)CC2)cc1. The van der Waals surface area contributed by atoms with Crippen molar-refractivity contribution in [3.63, 3.8) is 0 Å². The molecule has 0 spiro atoms. The number of nitrogens with zero attached hydrogens (tertiary/aromatic N) is 3. The lowest BCUT2D eigenvalue weighted by Gasteiger charge is -2.43. The summed E-state index contributed by atoms with van der Waals surface area (Å²) >= 11 is 0. The van der Waals surface area contributed by atoms with E-state index >= 15 is 0 Å². The summed E-state index contributed by atoms with van der Waals surface area (Å²) in [4.78, 5) is 60.2. The number of aromatic amines is 1. The second-order valence-corrected chi connectivity index (χ2v) is 17.4.